The highest BCUT2D eigenvalue weighted by Crippen LogP contribution is 2.11. The molecule has 2 aliphatic rings. The van der Waals surface area contributed by atoms with Gasteiger partial charge in [0.25, 0.3) is 0 Å². The predicted molar refractivity (Wildman–Crippen MR) is 45.1 cm³/mol. The van der Waals surface area contributed by atoms with Gasteiger partial charge in [-0.05, 0) is 0 Å². The summed E-state index contributed by atoms with van der Waals surface area (Å²) in [4.78, 5) is 5.81. The quantitative estimate of drug-likeness (QED) is 0.535. The number of aliphatic imine (C=N–C) groups is 1. The van der Waals surface area contributed by atoms with Crippen molar-refractivity contribution in [2.45, 2.75) is 0 Å². The maximum atomic E-state index is 11.1. The van der Waals surface area contributed by atoms with Crippen LogP contribution in [0.2, 0.25) is 0 Å². The van der Waals surface area contributed by atoms with Gasteiger partial charge in [0.1, 0.15) is 5.82 Å². The van der Waals surface area contributed by atoms with Crippen molar-refractivity contribution in [1.82, 2.24) is 9.62 Å². The molecule has 66 valence electrons. The lowest BCUT2D eigenvalue weighted by atomic mass is 10.4. The highest BCUT2D eigenvalue weighted by atomic mass is 32.2. The van der Waals surface area contributed by atoms with Crippen LogP contribution in [-0.4, -0.2) is 38.4 Å². The topological polar surface area (TPSA) is 61.8 Å². The standard InChI is InChI=1S/C6H9N3O2S/c10-12(11)4-3-9-2-1-7-5-6(9)8-12/h1,5,8H,2-4H2. The van der Waals surface area contributed by atoms with Crippen molar-refractivity contribution >= 4 is 16.2 Å². The first kappa shape index (κ1) is 7.60. The summed E-state index contributed by atoms with van der Waals surface area (Å²) >= 11 is 0. The van der Waals surface area contributed by atoms with Crippen LogP contribution < -0.4 is 4.72 Å². The molecule has 6 heteroatoms. The van der Waals surface area contributed by atoms with Gasteiger partial charge in [-0.1, -0.05) is 0 Å². The van der Waals surface area contributed by atoms with Crippen LogP contribution in [0.1, 0.15) is 0 Å². The molecule has 0 aromatic heterocycles. The van der Waals surface area contributed by atoms with Crippen LogP contribution >= 0.6 is 0 Å². The third-order valence-corrected chi connectivity index (χ3v) is 3.08. The summed E-state index contributed by atoms with van der Waals surface area (Å²) in [6.45, 7) is 1.24. The Balaban J connectivity index is 2.27. The van der Waals surface area contributed by atoms with Gasteiger partial charge in [0.15, 0.2) is 0 Å². The van der Waals surface area contributed by atoms with Crippen LogP contribution in [-0.2, 0) is 10.0 Å². The molecule has 0 amide bonds. The van der Waals surface area contributed by atoms with Gasteiger partial charge < -0.3 is 4.90 Å². The van der Waals surface area contributed by atoms with E-state index in [0.29, 0.717) is 18.9 Å². The first-order valence-corrected chi connectivity index (χ1v) is 5.30. The lowest BCUT2D eigenvalue weighted by Crippen LogP contribution is -2.46. The minimum absolute atomic E-state index is 0.165. The average molecular weight is 187 g/mol. The molecule has 2 aliphatic heterocycles. The minimum atomic E-state index is -3.09. The van der Waals surface area contributed by atoms with E-state index in [1.807, 2.05) is 4.90 Å². The van der Waals surface area contributed by atoms with E-state index in [-0.39, 0.29) is 5.75 Å². The van der Waals surface area contributed by atoms with Crippen LogP contribution in [0.5, 0.6) is 0 Å². The molecule has 0 radical (unpaired) electrons. The molecule has 0 aromatic rings. The van der Waals surface area contributed by atoms with Gasteiger partial charge >= 0.3 is 0 Å². The lowest BCUT2D eigenvalue weighted by molar-refractivity contribution is 0.376. The third-order valence-electron chi connectivity index (χ3n) is 1.83. The second kappa shape index (κ2) is 2.48. The second-order valence-electron chi connectivity index (χ2n) is 2.71. The summed E-state index contributed by atoms with van der Waals surface area (Å²) in [6.07, 6.45) is 3.28. The summed E-state index contributed by atoms with van der Waals surface area (Å²) in [6, 6.07) is 0. The van der Waals surface area contributed by atoms with Gasteiger partial charge in [-0.25, -0.2) is 8.42 Å². The van der Waals surface area contributed by atoms with Gasteiger partial charge in [-0.2, -0.15) is 0 Å². The van der Waals surface area contributed by atoms with Crippen LogP contribution in [0.3, 0.4) is 0 Å². The van der Waals surface area contributed by atoms with Gasteiger partial charge in [0.2, 0.25) is 10.0 Å². The number of hydrogen-bond acceptors (Lipinski definition) is 4. The monoisotopic (exact) mass is 187 g/mol. The number of nitrogens with zero attached hydrogens (tertiary/aromatic N) is 2. The van der Waals surface area contributed by atoms with Crippen molar-refractivity contribution in [2.24, 2.45) is 4.99 Å². The molecule has 0 saturated carbocycles. The van der Waals surface area contributed by atoms with Gasteiger partial charge in [-0.15, -0.1) is 0 Å². The van der Waals surface area contributed by atoms with E-state index in [0.717, 1.165) is 0 Å². The van der Waals surface area contributed by atoms with Crippen molar-refractivity contribution in [2.75, 3.05) is 18.8 Å². The predicted octanol–water partition coefficient (Wildman–Crippen LogP) is -0.895. The summed E-state index contributed by atoms with van der Waals surface area (Å²) in [7, 11) is -3.09. The molecule has 2 rings (SSSR count). The van der Waals surface area contributed by atoms with Crippen LogP contribution in [0, 0.1) is 0 Å². The molecule has 0 unspecified atom stereocenters. The summed E-state index contributed by atoms with van der Waals surface area (Å²) in [5.74, 6) is 0.752. The number of rotatable bonds is 0. The molecular weight excluding hydrogens is 178 g/mol. The van der Waals surface area contributed by atoms with Crippen molar-refractivity contribution in [1.29, 1.82) is 0 Å². The number of hydrogen-bond donors (Lipinski definition) is 1. The molecule has 5 nitrogen and oxygen atoms in total. The Morgan fingerprint density at radius 2 is 2.42 bits per heavy atom. The summed E-state index contributed by atoms with van der Waals surface area (Å²) < 4.78 is 24.6. The van der Waals surface area contributed by atoms with Crippen molar-refractivity contribution in [3.05, 3.63) is 12.0 Å². The second-order valence-corrected chi connectivity index (χ2v) is 4.55. The van der Waals surface area contributed by atoms with E-state index >= 15 is 0 Å². The Bertz CT molecular complexity index is 344. The first-order chi connectivity index (χ1) is 5.67. The summed E-state index contributed by atoms with van der Waals surface area (Å²) in [5.41, 5.74) is 0. The zero-order valence-corrected chi connectivity index (χ0v) is 7.21. The van der Waals surface area contributed by atoms with E-state index in [2.05, 4.69) is 9.71 Å². The normalized spacial score (nSPS) is 25.7. The molecule has 1 saturated heterocycles. The average Bonchev–Trinajstić information content (AvgIpc) is 2.02. The Labute approximate surface area is 70.8 Å². The zero-order valence-electron chi connectivity index (χ0n) is 6.40. The summed E-state index contributed by atoms with van der Waals surface area (Å²) in [5, 5.41) is 0. The molecule has 1 N–H and O–H groups in total. The third kappa shape index (κ3) is 1.29. The smallest absolute Gasteiger partial charge is 0.235 e. The fourth-order valence-electron chi connectivity index (χ4n) is 1.19. The lowest BCUT2D eigenvalue weighted by Gasteiger charge is -2.31. The van der Waals surface area contributed by atoms with Gasteiger partial charge in [0, 0.05) is 12.8 Å². The molecule has 0 atom stereocenters. The van der Waals surface area contributed by atoms with E-state index in [4.69, 9.17) is 0 Å². The molecule has 0 aliphatic carbocycles. The van der Waals surface area contributed by atoms with E-state index in [1.54, 1.807) is 6.21 Å². The Kier molecular flexibility index (Phi) is 1.57. The van der Waals surface area contributed by atoms with Crippen molar-refractivity contribution in [3.63, 3.8) is 0 Å². The van der Waals surface area contributed by atoms with Crippen LogP contribution in [0.25, 0.3) is 0 Å². The maximum Gasteiger partial charge on any atom is 0.235 e. The van der Waals surface area contributed by atoms with E-state index in [1.165, 1.54) is 6.20 Å². The molecule has 2 heterocycles. The minimum Gasteiger partial charge on any atom is -0.350 e. The Morgan fingerprint density at radius 3 is 3.25 bits per heavy atom. The molecule has 0 spiro atoms. The molecule has 12 heavy (non-hydrogen) atoms. The number of nitrogens with one attached hydrogen (secondary N) is 1. The Morgan fingerprint density at radius 1 is 1.58 bits per heavy atom. The SMILES string of the molecule is O=S1(=O)CCN2CC=NC=C2N1. The first-order valence-electron chi connectivity index (χ1n) is 3.65. The fourth-order valence-corrected chi connectivity index (χ4v) is 2.26. The molecule has 0 aromatic carbocycles. The van der Waals surface area contributed by atoms with E-state index in [9.17, 15) is 8.42 Å². The maximum absolute atomic E-state index is 11.1. The Hall–Kier alpha value is -1.04. The van der Waals surface area contributed by atoms with Crippen LogP contribution in [0.15, 0.2) is 17.0 Å². The van der Waals surface area contributed by atoms with Crippen molar-refractivity contribution < 1.29 is 8.42 Å². The molecule has 0 bridgehead atoms. The number of sulfonamides is 1. The molecule has 1 fully saturated rings. The highest BCUT2D eigenvalue weighted by Gasteiger charge is 2.24. The van der Waals surface area contributed by atoms with Crippen LogP contribution in [0.4, 0.5) is 0 Å². The van der Waals surface area contributed by atoms with Crippen molar-refractivity contribution in [3.8, 4) is 0 Å². The molecular formula is C6H9N3O2S. The van der Waals surface area contributed by atoms with E-state index < -0.39 is 10.0 Å². The fraction of sp³-hybridized carbons (Fsp3) is 0.500. The van der Waals surface area contributed by atoms with Gasteiger partial charge in [-0.3, -0.25) is 9.71 Å². The zero-order chi connectivity index (χ0) is 8.60. The number of fused-ring (bicyclic) bond motifs is 1. The largest absolute Gasteiger partial charge is 0.350 e. The highest BCUT2D eigenvalue weighted by molar-refractivity contribution is 7.89. The van der Waals surface area contributed by atoms with Gasteiger partial charge in [0.05, 0.1) is 18.5 Å².